The van der Waals surface area contributed by atoms with E-state index in [1.54, 1.807) is 0 Å². The molecule has 0 aromatic heterocycles. The Kier molecular flexibility index (Phi) is 7.70. The van der Waals surface area contributed by atoms with Crippen LogP contribution in [0.4, 0.5) is 4.79 Å². The van der Waals surface area contributed by atoms with Crippen LogP contribution in [0.5, 0.6) is 0 Å². The van der Waals surface area contributed by atoms with Gasteiger partial charge >= 0.3 is 12.1 Å². The molecule has 2 atom stereocenters. The van der Waals surface area contributed by atoms with Crippen molar-refractivity contribution in [1.82, 2.24) is 10.2 Å². The van der Waals surface area contributed by atoms with Crippen LogP contribution in [0.25, 0.3) is 11.1 Å². The van der Waals surface area contributed by atoms with E-state index in [1.807, 2.05) is 54.6 Å². The Labute approximate surface area is 221 Å². The number of benzene rings is 3. The monoisotopic (exact) mass is 514 g/mol. The van der Waals surface area contributed by atoms with E-state index >= 15 is 0 Å². The smallest absolute Gasteiger partial charge is 0.407 e. The molecule has 1 saturated heterocycles. The van der Waals surface area contributed by atoms with Gasteiger partial charge in [-0.25, -0.2) is 4.79 Å². The van der Waals surface area contributed by atoms with E-state index in [2.05, 4.69) is 29.6 Å². The minimum Gasteiger partial charge on any atom is -0.480 e. The molecule has 1 fully saturated rings. The molecule has 0 radical (unpaired) electrons. The maximum atomic E-state index is 13.3. The summed E-state index contributed by atoms with van der Waals surface area (Å²) >= 11 is 0. The van der Waals surface area contributed by atoms with E-state index in [-0.39, 0.29) is 31.5 Å². The average molecular weight is 515 g/mol. The lowest BCUT2D eigenvalue weighted by Crippen LogP contribution is -2.46. The molecule has 5 rings (SSSR count). The number of carbonyl (C=O) groups excluding carboxylic acids is 2. The van der Waals surface area contributed by atoms with E-state index in [9.17, 15) is 19.5 Å². The summed E-state index contributed by atoms with van der Waals surface area (Å²) < 4.78 is 11.3. The van der Waals surface area contributed by atoms with Gasteiger partial charge in [-0.05, 0) is 34.2 Å². The molecule has 0 unspecified atom stereocenters. The van der Waals surface area contributed by atoms with Gasteiger partial charge in [0.1, 0.15) is 19.3 Å². The molecule has 38 heavy (non-hydrogen) atoms. The first-order valence-corrected chi connectivity index (χ1v) is 12.8. The van der Waals surface area contributed by atoms with Crippen molar-refractivity contribution < 1.29 is 29.0 Å². The first-order chi connectivity index (χ1) is 18.5. The molecule has 1 heterocycles. The van der Waals surface area contributed by atoms with Gasteiger partial charge in [0.2, 0.25) is 0 Å². The van der Waals surface area contributed by atoms with Crippen molar-refractivity contribution in [3.63, 3.8) is 0 Å². The van der Waals surface area contributed by atoms with Gasteiger partial charge < -0.3 is 24.8 Å². The molecule has 196 valence electrons. The number of rotatable bonds is 9. The maximum Gasteiger partial charge on any atom is 0.407 e. The number of fused-ring (bicyclic) bond motifs is 3. The van der Waals surface area contributed by atoms with E-state index < -0.39 is 30.6 Å². The number of carboxylic acid groups (broad SMARTS) is 1. The third-order valence-electron chi connectivity index (χ3n) is 7.16. The van der Waals surface area contributed by atoms with Gasteiger partial charge in [0.25, 0.3) is 5.91 Å². The molecule has 0 saturated carbocycles. The summed E-state index contributed by atoms with van der Waals surface area (Å²) in [6.07, 6.45) is -0.810. The van der Waals surface area contributed by atoms with Crippen LogP contribution in [0.15, 0.2) is 78.9 Å². The van der Waals surface area contributed by atoms with Gasteiger partial charge in [-0.2, -0.15) is 0 Å². The van der Waals surface area contributed by atoms with Crippen LogP contribution in [-0.2, 0) is 25.6 Å². The fraction of sp³-hybridized carbons (Fsp3) is 0.300. The molecule has 3 aromatic carbocycles. The highest BCUT2D eigenvalue weighted by atomic mass is 16.5. The van der Waals surface area contributed by atoms with Gasteiger partial charge in [0, 0.05) is 31.5 Å². The summed E-state index contributed by atoms with van der Waals surface area (Å²) in [5.74, 6) is -1.82. The SMILES string of the molecule is O=C(O)CN(Cc1ccccc1)C(=O)[C@@H]1OCC[C@@H]1CNC(=O)OCC1c2ccccc2-c2ccccc21. The second-order valence-electron chi connectivity index (χ2n) is 9.62. The van der Waals surface area contributed by atoms with Gasteiger partial charge in [-0.3, -0.25) is 9.59 Å². The summed E-state index contributed by atoms with van der Waals surface area (Å²) in [4.78, 5) is 38.6. The van der Waals surface area contributed by atoms with Gasteiger partial charge in [0.05, 0.1) is 0 Å². The zero-order valence-electron chi connectivity index (χ0n) is 20.9. The molecule has 8 nitrogen and oxygen atoms in total. The van der Waals surface area contributed by atoms with Crippen molar-refractivity contribution in [3.8, 4) is 11.1 Å². The Balaban J connectivity index is 1.18. The van der Waals surface area contributed by atoms with Crippen LogP contribution in [0, 0.1) is 5.92 Å². The Morgan fingerprint density at radius 3 is 2.21 bits per heavy atom. The summed E-state index contributed by atoms with van der Waals surface area (Å²) in [7, 11) is 0. The quantitative estimate of drug-likeness (QED) is 0.447. The predicted octanol–water partition coefficient (Wildman–Crippen LogP) is 4.04. The molecule has 8 heteroatoms. The van der Waals surface area contributed by atoms with Crippen molar-refractivity contribution in [1.29, 1.82) is 0 Å². The topological polar surface area (TPSA) is 105 Å². The molecule has 0 spiro atoms. The van der Waals surface area contributed by atoms with E-state index in [0.717, 1.165) is 27.8 Å². The Morgan fingerprint density at radius 1 is 0.921 bits per heavy atom. The largest absolute Gasteiger partial charge is 0.480 e. The number of carboxylic acids is 1. The van der Waals surface area contributed by atoms with Crippen LogP contribution in [-0.4, -0.2) is 60.4 Å². The number of nitrogens with one attached hydrogen (secondary N) is 1. The van der Waals surface area contributed by atoms with Crippen LogP contribution < -0.4 is 5.32 Å². The van der Waals surface area contributed by atoms with E-state index in [1.165, 1.54) is 4.90 Å². The van der Waals surface area contributed by atoms with Crippen molar-refractivity contribution >= 4 is 18.0 Å². The number of hydrogen-bond donors (Lipinski definition) is 2. The normalized spacial score (nSPS) is 17.9. The number of hydrogen-bond acceptors (Lipinski definition) is 5. The highest BCUT2D eigenvalue weighted by Crippen LogP contribution is 2.44. The fourth-order valence-electron chi connectivity index (χ4n) is 5.34. The second-order valence-corrected chi connectivity index (χ2v) is 9.62. The van der Waals surface area contributed by atoms with Crippen LogP contribution in [0.1, 0.15) is 29.0 Å². The standard InChI is InChI=1S/C30H30N2O6/c33-27(34)18-32(17-20-8-2-1-3-9-20)29(35)28-21(14-15-37-28)16-31-30(36)38-19-26-24-12-6-4-10-22(24)23-11-5-7-13-25(23)26/h1-13,21,26,28H,14-19H2,(H,31,36)(H,33,34)/t21-,28-/m1/s1. The maximum absolute atomic E-state index is 13.3. The Hall–Kier alpha value is -4.17. The van der Waals surface area contributed by atoms with E-state index in [0.29, 0.717) is 13.0 Å². The van der Waals surface area contributed by atoms with Crippen molar-refractivity contribution in [2.75, 3.05) is 26.3 Å². The number of carbonyl (C=O) groups is 3. The minimum absolute atomic E-state index is 0.0418. The molecule has 3 aromatic rings. The fourth-order valence-corrected chi connectivity index (χ4v) is 5.34. The van der Waals surface area contributed by atoms with Crippen molar-refractivity contribution in [2.45, 2.75) is 25.0 Å². The molecule has 2 aliphatic rings. The molecule has 2 amide bonds. The van der Waals surface area contributed by atoms with Crippen LogP contribution in [0.3, 0.4) is 0 Å². The number of nitrogens with zero attached hydrogens (tertiary/aromatic N) is 1. The summed E-state index contributed by atoms with van der Waals surface area (Å²) in [6.45, 7) is 0.490. The number of alkyl carbamates (subject to hydrolysis) is 1. The Bertz CT molecular complexity index is 1270. The Morgan fingerprint density at radius 2 is 1.55 bits per heavy atom. The first kappa shape index (κ1) is 25.5. The number of aliphatic carboxylic acids is 1. The van der Waals surface area contributed by atoms with Gasteiger partial charge in [-0.1, -0.05) is 78.9 Å². The molecule has 1 aliphatic heterocycles. The average Bonchev–Trinajstić information content (AvgIpc) is 3.53. The molecule has 2 N–H and O–H groups in total. The number of amides is 2. The highest BCUT2D eigenvalue weighted by molar-refractivity contribution is 5.85. The zero-order chi connectivity index (χ0) is 26.5. The summed E-state index contributed by atoms with van der Waals surface area (Å²) in [5.41, 5.74) is 5.40. The van der Waals surface area contributed by atoms with Gasteiger partial charge in [0.15, 0.2) is 0 Å². The van der Waals surface area contributed by atoms with Crippen LogP contribution >= 0.6 is 0 Å². The third-order valence-corrected chi connectivity index (χ3v) is 7.16. The molecule has 0 bridgehead atoms. The summed E-state index contributed by atoms with van der Waals surface area (Å²) in [5, 5.41) is 12.1. The molecular formula is C30H30N2O6. The van der Waals surface area contributed by atoms with E-state index in [4.69, 9.17) is 9.47 Å². The summed E-state index contributed by atoms with van der Waals surface area (Å²) in [6, 6.07) is 25.5. The zero-order valence-corrected chi connectivity index (χ0v) is 20.9. The minimum atomic E-state index is -1.10. The van der Waals surface area contributed by atoms with Crippen molar-refractivity contribution in [3.05, 3.63) is 95.6 Å². The third kappa shape index (κ3) is 5.55. The lowest BCUT2D eigenvalue weighted by Gasteiger charge is -2.26. The number of ether oxygens (including phenoxy) is 2. The van der Waals surface area contributed by atoms with Gasteiger partial charge in [-0.15, -0.1) is 0 Å². The molecule has 1 aliphatic carbocycles. The first-order valence-electron chi connectivity index (χ1n) is 12.8. The molecular weight excluding hydrogens is 484 g/mol. The highest BCUT2D eigenvalue weighted by Gasteiger charge is 2.38. The van der Waals surface area contributed by atoms with Crippen LogP contribution in [0.2, 0.25) is 0 Å². The lowest BCUT2D eigenvalue weighted by molar-refractivity contribution is -0.150. The predicted molar refractivity (Wildman–Crippen MR) is 140 cm³/mol. The van der Waals surface area contributed by atoms with Crippen molar-refractivity contribution in [2.24, 2.45) is 5.92 Å². The lowest BCUT2D eigenvalue weighted by atomic mass is 9.98. The second kappa shape index (κ2) is 11.5.